The molecule has 0 radical (unpaired) electrons. The highest BCUT2D eigenvalue weighted by Gasteiger charge is 2.13. The fraction of sp³-hybridized carbons (Fsp3) is 0.308. The molecule has 0 aliphatic carbocycles. The third-order valence-electron chi connectivity index (χ3n) is 2.47. The van der Waals surface area contributed by atoms with Crippen molar-refractivity contribution >= 4 is 11.6 Å². The second-order valence-electron chi connectivity index (χ2n) is 4.56. The fourth-order valence-electron chi connectivity index (χ4n) is 1.74. The summed E-state index contributed by atoms with van der Waals surface area (Å²) in [5.74, 6) is -0.875. The van der Waals surface area contributed by atoms with E-state index in [1.807, 2.05) is 0 Å². The molecule has 0 aliphatic rings. The van der Waals surface area contributed by atoms with Crippen LogP contribution in [0.2, 0.25) is 5.15 Å². The van der Waals surface area contributed by atoms with Crippen molar-refractivity contribution in [1.29, 1.82) is 0 Å². The molecule has 0 amide bonds. The van der Waals surface area contributed by atoms with Crippen molar-refractivity contribution in [3.8, 4) is 5.69 Å². The van der Waals surface area contributed by atoms with Crippen molar-refractivity contribution in [2.45, 2.75) is 20.3 Å². The van der Waals surface area contributed by atoms with E-state index in [0.29, 0.717) is 11.1 Å². The Morgan fingerprint density at radius 2 is 2.00 bits per heavy atom. The standard InChI is InChI=1S/C13H13ClF2N2/c1-8(2)5-10-7-13(14)18(17-10)12-4-3-9(15)6-11(12)16/h3-4,6-8H,5H2,1-2H3. The van der Waals surface area contributed by atoms with E-state index in [1.165, 1.54) is 16.8 Å². The zero-order chi connectivity index (χ0) is 13.3. The number of rotatable bonds is 3. The maximum Gasteiger partial charge on any atom is 0.151 e. The smallest absolute Gasteiger partial charge is 0.151 e. The van der Waals surface area contributed by atoms with Crippen LogP contribution in [0.3, 0.4) is 0 Å². The van der Waals surface area contributed by atoms with E-state index >= 15 is 0 Å². The lowest BCUT2D eigenvalue weighted by Gasteiger charge is -2.04. The number of hydrogen-bond acceptors (Lipinski definition) is 1. The van der Waals surface area contributed by atoms with Gasteiger partial charge in [-0.15, -0.1) is 0 Å². The highest BCUT2D eigenvalue weighted by molar-refractivity contribution is 6.29. The van der Waals surface area contributed by atoms with Crippen LogP contribution in [0, 0.1) is 17.6 Å². The first kappa shape index (κ1) is 13.0. The molecule has 2 rings (SSSR count). The lowest BCUT2D eigenvalue weighted by molar-refractivity contribution is 0.571. The predicted octanol–water partition coefficient (Wildman–Crippen LogP) is 4.00. The van der Waals surface area contributed by atoms with Gasteiger partial charge in [0.05, 0.1) is 5.69 Å². The Hall–Kier alpha value is -1.42. The van der Waals surface area contributed by atoms with Crippen LogP contribution in [0.15, 0.2) is 24.3 Å². The molecule has 0 aliphatic heterocycles. The second kappa shape index (κ2) is 5.06. The largest absolute Gasteiger partial charge is 0.219 e. The van der Waals surface area contributed by atoms with E-state index in [9.17, 15) is 8.78 Å². The van der Waals surface area contributed by atoms with Crippen molar-refractivity contribution in [2.24, 2.45) is 5.92 Å². The monoisotopic (exact) mass is 270 g/mol. The Labute approximate surface area is 109 Å². The Morgan fingerprint density at radius 1 is 1.28 bits per heavy atom. The van der Waals surface area contributed by atoms with Gasteiger partial charge in [-0.05, 0) is 30.5 Å². The van der Waals surface area contributed by atoms with Crippen molar-refractivity contribution in [3.63, 3.8) is 0 Å². The first-order chi connectivity index (χ1) is 8.47. The highest BCUT2D eigenvalue weighted by atomic mass is 35.5. The topological polar surface area (TPSA) is 17.8 Å². The molecule has 1 aromatic heterocycles. The van der Waals surface area contributed by atoms with Crippen molar-refractivity contribution < 1.29 is 8.78 Å². The molecule has 0 spiro atoms. The minimum Gasteiger partial charge on any atom is -0.219 e. The molecule has 5 heteroatoms. The Bertz CT molecular complexity index is 564. The van der Waals surface area contributed by atoms with Crippen LogP contribution in [0.4, 0.5) is 8.78 Å². The van der Waals surface area contributed by atoms with Crippen LogP contribution >= 0.6 is 11.6 Å². The average molecular weight is 271 g/mol. The summed E-state index contributed by atoms with van der Waals surface area (Å²) in [5.41, 5.74) is 0.940. The molecule has 0 saturated carbocycles. The molecule has 2 nitrogen and oxygen atoms in total. The van der Waals surface area contributed by atoms with Crippen LogP contribution in [0.25, 0.3) is 5.69 Å². The SMILES string of the molecule is CC(C)Cc1cc(Cl)n(-c2ccc(F)cc2F)n1. The van der Waals surface area contributed by atoms with Gasteiger partial charge < -0.3 is 0 Å². The summed E-state index contributed by atoms with van der Waals surface area (Å²) in [6.07, 6.45) is 0.759. The van der Waals surface area contributed by atoms with Crippen molar-refractivity contribution in [1.82, 2.24) is 9.78 Å². The average Bonchev–Trinajstić information content (AvgIpc) is 2.58. The summed E-state index contributed by atoms with van der Waals surface area (Å²) in [5, 5.41) is 4.55. The van der Waals surface area contributed by atoms with E-state index < -0.39 is 11.6 Å². The first-order valence-electron chi connectivity index (χ1n) is 5.67. The molecule has 2 aromatic rings. The summed E-state index contributed by atoms with van der Waals surface area (Å²) in [6, 6.07) is 5.01. The normalized spacial score (nSPS) is 11.2. The Balaban J connectivity index is 2.41. The molecule has 96 valence electrons. The Kier molecular flexibility index (Phi) is 3.66. The molecule has 0 atom stereocenters. The van der Waals surface area contributed by atoms with Gasteiger partial charge in [0.15, 0.2) is 5.82 Å². The van der Waals surface area contributed by atoms with Gasteiger partial charge in [-0.25, -0.2) is 13.5 Å². The lowest BCUT2D eigenvalue weighted by atomic mass is 10.1. The number of halogens is 3. The van der Waals surface area contributed by atoms with Gasteiger partial charge in [0.1, 0.15) is 16.7 Å². The van der Waals surface area contributed by atoms with E-state index in [4.69, 9.17) is 11.6 Å². The third-order valence-corrected chi connectivity index (χ3v) is 2.74. The number of nitrogens with zero attached hydrogens (tertiary/aromatic N) is 2. The van der Waals surface area contributed by atoms with Gasteiger partial charge in [-0.3, -0.25) is 0 Å². The van der Waals surface area contributed by atoms with Crippen LogP contribution in [0.1, 0.15) is 19.5 Å². The summed E-state index contributed by atoms with van der Waals surface area (Å²) < 4.78 is 27.8. The van der Waals surface area contributed by atoms with Crippen LogP contribution in [-0.4, -0.2) is 9.78 Å². The fourth-order valence-corrected chi connectivity index (χ4v) is 2.00. The second-order valence-corrected chi connectivity index (χ2v) is 4.95. The molecule has 0 N–H and O–H groups in total. The molecule has 0 unspecified atom stereocenters. The van der Waals surface area contributed by atoms with Gasteiger partial charge in [0.25, 0.3) is 0 Å². The number of hydrogen-bond donors (Lipinski definition) is 0. The summed E-state index contributed by atoms with van der Waals surface area (Å²) in [6.45, 7) is 4.12. The van der Waals surface area contributed by atoms with E-state index in [1.54, 1.807) is 6.07 Å². The van der Waals surface area contributed by atoms with Gasteiger partial charge >= 0.3 is 0 Å². The molecular formula is C13H13ClF2N2. The lowest BCUT2D eigenvalue weighted by Crippen LogP contribution is -2.02. The first-order valence-corrected chi connectivity index (χ1v) is 6.05. The van der Waals surface area contributed by atoms with Crippen molar-refractivity contribution in [3.05, 3.63) is 46.7 Å². The summed E-state index contributed by atoms with van der Waals surface area (Å²) >= 11 is 6.01. The molecule has 1 heterocycles. The molecule has 0 saturated heterocycles. The van der Waals surface area contributed by atoms with Gasteiger partial charge in [0.2, 0.25) is 0 Å². The minimum absolute atomic E-state index is 0.149. The Morgan fingerprint density at radius 3 is 2.61 bits per heavy atom. The molecular weight excluding hydrogens is 258 g/mol. The molecule has 0 fully saturated rings. The van der Waals surface area contributed by atoms with E-state index in [2.05, 4.69) is 18.9 Å². The van der Waals surface area contributed by atoms with Gasteiger partial charge in [-0.2, -0.15) is 5.10 Å². The van der Waals surface area contributed by atoms with E-state index in [0.717, 1.165) is 18.2 Å². The predicted molar refractivity (Wildman–Crippen MR) is 67.0 cm³/mol. The third kappa shape index (κ3) is 2.70. The quantitative estimate of drug-likeness (QED) is 0.824. The van der Waals surface area contributed by atoms with Crippen molar-refractivity contribution in [2.75, 3.05) is 0 Å². The van der Waals surface area contributed by atoms with Crippen LogP contribution in [0.5, 0.6) is 0 Å². The number of benzene rings is 1. The van der Waals surface area contributed by atoms with E-state index in [-0.39, 0.29) is 5.69 Å². The summed E-state index contributed by atoms with van der Waals surface area (Å²) in [4.78, 5) is 0. The molecule has 18 heavy (non-hydrogen) atoms. The molecule has 0 bridgehead atoms. The number of aromatic nitrogens is 2. The van der Waals surface area contributed by atoms with Crippen LogP contribution < -0.4 is 0 Å². The molecule has 1 aromatic carbocycles. The maximum atomic E-state index is 13.6. The van der Waals surface area contributed by atoms with Gasteiger partial charge in [0, 0.05) is 6.07 Å². The highest BCUT2D eigenvalue weighted by Crippen LogP contribution is 2.21. The maximum absolute atomic E-state index is 13.6. The zero-order valence-corrected chi connectivity index (χ0v) is 10.9. The van der Waals surface area contributed by atoms with Gasteiger partial charge in [-0.1, -0.05) is 25.4 Å². The zero-order valence-electron chi connectivity index (χ0n) is 10.1. The van der Waals surface area contributed by atoms with Crippen LogP contribution in [-0.2, 0) is 6.42 Å². The summed E-state index contributed by atoms with van der Waals surface area (Å²) in [7, 11) is 0. The minimum atomic E-state index is -0.684.